The fraction of sp³-hybridized carbons (Fsp3) is 0.250. The van der Waals surface area contributed by atoms with E-state index in [4.69, 9.17) is 5.73 Å². The molecule has 0 bridgehead atoms. The summed E-state index contributed by atoms with van der Waals surface area (Å²) in [5.74, 6) is -0.131. The number of benzene rings is 2. The Labute approximate surface area is 107 Å². The third-order valence-electron chi connectivity index (χ3n) is 3.23. The topological polar surface area (TPSA) is 26.0 Å². The smallest absolute Gasteiger partial charge is 0.126 e. The van der Waals surface area contributed by atoms with Crippen LogP contribution in [0, 0.1) is 12.7 Å². The average Bonchev–Trinajstić information content (AvgIpc) is 2.39. The molecule has 1 nitrogen and oxygen atoms in total. The fourth-order valence-electron chi connectivity index (χ4n) is 2.14. The van der Waals surface area contributed by atoms with E-state index in [9.17, 15) is 4.39 Å². The molecule has 0 aliphatic heterocycles. The molecular weight excluding hydrogens is 225 g/mol. The lowest BCUT2D eigenvalue weighted by Crippen LogP contribution is -2.16. The van der Waals surface area contributed by atoms with E-state index in [1.807, 2.05) is 12.1 Å². The van der Waals surface area contributed by atoms with Crippen LogP contribution in [0.5, 0.6) is 0 Å². The van der Waals surface area contributed by atoms with Crippen molar-refractivity contribution < 1.29 is 4.39 Å². The van der Waals surface area contributed by atoms with Gasteiger partial charge < -0.3 is 5.73 Å². The van der Waals surface area contributed by atoms with Crippen LogP contribution in [0.1, 0.15) is 22.6 Å². The standard InChI is InChI=1S/C16H18FN/c1-12-6-8-13(9-7-12)10-14(11-18)15-4-2-3-5-16(15)17/h2-9,14H,10-11,18H2,1H3. The van der Waals surface area contributed by atoms with Gasteiger partial charge in [0.2, 0.25) is 0 Å². The lowest BCUT2D eigenvalue weighted by atomic mass is 9.91. The molecular formula is C16H18FN. The molecule has 2 aromatic rings. The molecule has 1 atom stereocenters. The van der Waals surface area contributed by atoms with E-state index in [-0.39, 0.29) is 11.7 Å². The molecule has 0 heterocycles. The third-order valence-corrected chi connectivity index (χ3v) is 3.23. The Hall–Kier alpha value is -1.67. The summed E-state index contributed by atoms with van der Waals surface area (Å²) in [6.45, 7) is 2.51. The van der Waals surface area contributed by atoms with E-state index in [0.717, 1.165) is 6.42 Å². The minimum atomic E-state index is -0.167. The van der Waals surface area contributed by atoms with Crippen LogP contribution in [0.15, 0.2) is 48.5 Å². The summed E-state index contributed by atoms with van der Waals surface area (Å²) in [6, 6.07) is 15.2. The predicted octanol–water partition coefficient (Wildman–Crippen LogP) is 3.42. The fourth-order valence-corrected chi connectivity index (χ4v) is 2.14. The Morgan fingerprint density at radius 1 is 1.06 bits per heavy atom. The zero-order valence-corrected chi connectivity index (χ0v) is 10.6. The zero-order chi connectivity index (χ0) is 13.0. The van der Waals surface area contributed by atoms with E-state index in [1.54, 1.807) is 6.07 Å². The highest BCUT2D eigenvalue weighted by Gasteiger charge is 2.14. The molecule has 18 heavy (non-hydrogen) atoms. The van der Waals surface area contributed by atoms with E-state index in [1.165, 1.54) is 17.2 Å². The molecule has 1 unspecified atom stereocenters. The summed E-state index contributed by atoms with van der Waals surface area (Å²) in [5.41, 5.74) is 8.92. The van der Waals surface area contributed by atoms with Crippen molar-refractivity contribution in [1.82, 2.24) is 0 Å². The summed E-state index contributed by atoms with van der Waals surface area (Å²) < 4.78 is 13.7. The molecule has 2 heteroatoms. The van der Waals surface area contributed by atoms with Gasteiger partial charge in [-0.05, 0) is 37.1 Å². The SMILES string of the molecule is Cc1ccc(CC(CN)c2ccccc2F)cc1. The highest BCUT2D eigenvalue weighted by Crippen LogP contribution is 2.22. The second-order valence-electron chi connectivity index (χ2n) is 4.64. The maximum Gasteiger partial charge on any atom is 0.126 e. The van der Waals surface area contributed by atoms with Crippen LogP contribution in [-0.2, 0) is 6.42 Å². The number of halogens is 1. The summed E-state index contributed by atoms with van der Waals surface area (Å²) >= 11 is 0. The Kier molecular flexibility index (Phi) is 4.11. The van der Waals surface area contributed by atoms with Crippen LogP contribution in [0.2, 0.25) is 0 Å². The molecule has 2 N–H and O–H groups in total. The normalized spacial score (nSPS) is 12.4. The van der Waals surface area contributed by atoms with Crippen LogP contribution in [0.25, 0.3) is 0 Å². The molecule has 0 saturated heterocycles. The number of rotatable bonds is 4. The van der Waals surface area contributed by atoms with Crippen LogP contribution in [0.3, 0.4) is 0 Å². The molecule has 0 saturated carbocycles. The van der Waals surface area contributed by atoms with Gasteiger partial charge in [0.1, 0.15) is 5.82 Å². The Bertz CT molecular complexity index is 505. The lowest BCUT2D eigenvalue weighted by molar-refractivity contribution is 0.576. The van der Waals surface area contributed by atoms with Gasteiger partial charge in [-0.3, -0.25) is 0 Å². The lowest BCUT2D eigenvalue weighted by Gasteiger charge is -2.16. The maximum absolute atomic E-state index is 13.7. The number of nitrogens with two attached hydrogens (primary N) is 1. The molecule has 0 radical (unpaired) electrons. The highest BCUT2D eigenvalue weighted by molar-refractivity contribution is 5.27. The summed E-state index contributed by atoms with van der Waals surface area (Å²) in [5, 5.41) is 0. The monoisotopic (exact) mass is 243 g/mol. The second-order valence-corrected chi connectivity index (χ2v) is 4.64. The minimum absolute atomic E-state index is 0.0360. The third kappa shape index (κ3) is 2.96. The van der Waals surface area contributed by atoms with Crippen molar-refractivity contribution in [3.63, 3.8) is 0 Å². The van der Waals surface area contributed by atoms with Gasteiger partial charge in [-0.2, -0.15) is 0 Å². The van der Waals surface area contributed by atoms with Gasteiger partial charge in [0.05, 0.1) is 0 Å². The van der Waals surface area contributed by atoms with E-state index >= 15 is 0 Å². The zero-order valence-electron chi connectivity index (χ0n) is 10.6. The van der Waals surface area contributed by atoms with Gasteiger partial charge >= 0.3 is 0 Å². The molecule has 2 aromatic carbocycles. The van der Waals surface area contributed by atoms with Crippen LogP contribution < -0.4 is 5.73 Å². The van der Waals surface area contributed by atoms with Crippen LogP contribution in [-0.4, -0.2) is 6.54 Å². The average molecular weight is 243 g/mol. The van der Waals surface area contributed by atoms with Gasteiger partial charge in [-0.15, -0.1) is 0 Å². The Balaban J connectivity index is 2.20. The summed E-state index contributed by atoms with van der Waals surface area (Å²) in [7, 11) is 0. The van der Waals surface area contributed by atoms with Crippen molar-refractivity contribution in [2.24, 2.45) is 5.73 Å². The Morgan fingerprint density at radius 3 is 2.33 bits per heavy atom. The first-order valence-corrected chi connectivity index (χ1v) is 6.20. The van der Waals surface area contributed by atoms with Crippen molar-refractivity contribution in [3.05, 3.63) is 71.0 Å². The van der Waals surface area contributed by atoms with E-state index in [2.05, 4.69) is 31.2 Å². The predicted molar refractivity (Wildman–Crippen MR) is 73.1 cm³/mol. The number of hydrogen-bond acceptors (Lipinski definition) is 1. The quantitative estimate of drug-likeness (QED) is 0.874. The molecule has 2 rings (SSSR count). The van der Waals surface area contributed by atoms with Gasteiger partial charge in [-0.25, -0.2) is 4.39 Å². The first kappa shape index (κ1) is 12.8. The molecule has 0 amide bonds. The summed E-state index contributed by atoms with van der Waals surface area (Å²) in [4.78, 5) is 0. The van der Waals surface area contributed by atoms with Gasteiger partial charge in [0.15, 0.2) is 0 Å². The second kappa shape index (κ2) is 5.78. The highest BCUT2D eigenvalue weighted by atomic mass is 19.1. The number of hydrogen-bond donors (Lipinski definition) is 1. The molecule has 0 spiro atoms. The first-order chi connectivity index (χ1) is 8.70. The molecule has 94 valence electrons. The van der Waals surface area contributed by atoms with Crippen molar-refractivity contribution in [2.45, 2.75) is 19.3 Å². The van der Waals surface area contributed by atoms with Crippen molar-refractivity contribution in [1.29, 1.82) is 0 Å². The van der Waals surface area contributed by atoms with Crippen LogP contribution in [0.4, 0.5) is 4.39 Å². The molecule has 0 aromatic heterocycles. The van der Waals surface area contributed by atoms with Crippen LogP contribution >= 0.6 is 0 Å². The van der Waals surface area contributed by atoms with Gasteiger partial charge in [-0.1, -0.05) is 48.0 Å². The number of aryl methyl sites for hydroxylation is 1. The molecule has 0 aliphatic carbocycles. The molecule has 0 aliphatic rings. The first-order valence-electron chi connectivity index (χ1n) is 6.20. The van der Waals surface area contributed by atoms with E-state index < -0.39 is 0 Å². The van der Waals surface area contributed by atoms with Gasteiger partial charge in [0, 0.05) is 5.92 Å². The van der Waals surface area contributed by atoms with Crippen molar-refractivity contribution >= 4 is 0 Å². The molecule has 0 fully saturated rings. The summed E-state index contributed by atoms with van der Waals surface area (Å²) in [6.07, 6.45) is 0.776. The van der Waals surface area contributed by atoms with Crippen molar-refractivity contribution in [3.8, 4) is 0 Å². The van der Waals surface area contributed by atoms with Crippen molar-refractivity contribution in [2.75, 3.05) is 6.54 Å². The minimum Gasteiger partial charge on any atom is -0.330 e. The van der Waals surface area contributed by atoms with Gasteiger partial charge in [0.25, 0.3) is 0 Å². The largest absolute Gasteiger partial charge is 0.330 e. The van der Waals surface area contributed by atoms with E-state index in [0.29, 0.717) is 12.1 Å². The Morgan fingerprint density at radius 2 is 1.72 bits per heavy atom. The maximum atomic E-state index is 13.7.